The van der Waals surface area contributed by atoms with Crippen LogP contribution in [0, 0.1) is 6.92 Å². The molecule has 0 spiro atoms. The lowest BCUT2D eigenvalue weighted by Crippen LogP contribution is -2.12. The number of benzene rings is 2. The number of nitrogens with zero attached hydrogens (tertiary/aromatic N) is 1. The molecule has 2 aromatic carbocycles. The van der Waals surface area contributed by atoms with E-state index in [1.165, 1.54) is 0 Å². The monoisotopic (exact) mass is 305 g/mol. The van der Waals surface area contributed by atoms with Crippen molar-refractivity contribution in [3.63, 3.8) is 0 Å². The molecule has 0 aliphatic heterocycles. The molecule has 0 heterocycles. The molecular formula is C14H15N3O3S. The molecule has 110 valence electrons. The lowest BCUT2D eigenvalue weighted by molar-refractivity contribution is 0.240. The molecule has 2 rings (SSSR count). The van der Waals surface area contributed by atoms with Crippen molar-refractivity contribution in [1.29, 1.82) is 0 Å². The van der Waals surface area contributed by atoms with E-state index in [1.54, 1.807) is 54.0 Å². The van der Waals surface area contributed by atoms with Crippen molar-refractivity contribution in [3.8, 4) is 0 Å². The Labute approximate surface area is 123 Å². The van der Waals surface area contributed by atoms with Gasteiger partial charge in [-0.1, -0.05) is 17.7 Å². The molecule has 0 aliphatic carbocycles. The number of aryl methyl sites for hydroxylation is 1. The molecule has 21 heavy (non-hydrogen) atoms. The van der Waals surface area contributed by atoms with E-state index in [4.69, 9.17) is 5.21 Å². The predicted molar refractivity (Wildman–Crippen MR) is 81.5 cm³/mol. The van der Waals surface area contributed by atoms with E-state index in [-0.39, 0.29) is 4.90 Å². The molecule has 0 atom stereocenters. The third-order valence-electron chi connectivity index (χ3n) is 2.72. The minimum atomic E-state index is -3.60. The van der Waals surface area contributed by atoms with Crippen LogP contribution in [0.3, 0.4) is 0 Å². The van der Waals surface area contributed by atoms with Gasteiger partial charge in [0.1, 0.15) is 6.34 Å². The molecule has 0 fully saturated rings. The van der Waals surface area contributed by atoms with Crippen molar-refractivity contribution in [2.75, 3.05) is 4.72 Å². The van der Waals surface area contributed by atoms with Crippen LogP contribution in [-0.4, -0.2) is 20.0 Å². The Kier molecular flexibility index (Phi) is 4.56. The van der Waals surface area contributed by atoms with Crippen LogP contribution in [0.1, 0.15) is 5.56 Å². The number of aliphatic imine (C=N–C) groups is 1. The molecule has 0 amide bonds. The highest BCUT2D eigenvalue weighted by Gasteiger charge is 2.13. The highest BCUT2D eigenvalue weighted by molar-refractivity contribution is 7.92. The number of hydrogen-bond acceptors (Lipinski definition) is 4. The van der Waals surface area contributed by atoms with Gasteiger partial charge >= 0.3 is 0 Å². The number of rotatable bonds is 5. The summed E-state index contributed by atoms with van der Waals surface area (Å²) >= 11 is 0. The molecule has 0 aromatic heterocycles. The summed E-state index contributed by atoms with van der Waals surface area (Å²) in [4.78, 5) is 4.07. The second-order valence-electron chi connectivity index (χ2n) is 4.35. The van der Waals surface area contributed by atoms with Gasteiger partial charge in [0.15, 0.2) is 0 Å². The van der Waals surface area contributed by atoms with Gasteiger partial charge in [0.2, 0.25) is 0 Å². The van der Waals surface area contributed by atoms with Crippen LogP contribution in [0.15, 0.2) is 58.4 Å². The fourth-order valence-electron chi connectivity index (χ4n) is 1.65. The fraction of sp³-hybridized carbons (Fsp3) is 0.0714. The van der Waals surface area contributed by atoms with E-state index >= 15 is 0 Å². The van der Waals surface area contributed by atoms with Crippen LogP contribution >= 0.6 is 0 Å². The molecule has 6 nitrogen and oxygen atoms in total. The zero-order chi connectivity index (χ0) is 15.3. The maximum atomic E-state index is 12.2. The second-order valence-corrected chi connectivity index (χ2v) is 6.04. The van der Waals surface area contributed by atoms with Crippen molar-refractivity contribution < 1.29 is 13.6 Å². The Hall–Kier alpha value is -2.38. The Bertz CT molecular complexity index is 723. The molecule has 3 N–H and O–H groups in total. The molecule has 2 aromatic rings. The average molecular weight is 305 g/mol. The zero-order valence-electron chi connectivity index (χ0n) is 11.3. The minimum Gasteiger partial charge on any atom is -0.290 e. The Morgan fingerprint density at radius 1 is 1.05 bits per heavy atom. The second kappa shape index (κ2) is 6.38. The first-order valence-electron chi connectivity index (χ1n) is 6.13. The van der Waals surface area contributed by atoms with Crippen molar-refractivity contribution in [2.45, 2.75) is 11.8 Å². The Morgan fingerprint density at radius 2 is 1.67 bits per heavy atom. The van der Waals surface area contributed by atoms with Crippen molar-refractivity contribution >= 4 is 27.7 Å². The van der Waals surface area contributed by atoms with Crippen LogP contribution in [-0.2, 0) is 10.0 Å². The number of nitrogens with one attached hydrogen (secondary N) is 2. The van der Waals surface area contributed by atoms with E-state index in [2.05, 4.69) is 9.71 Å². The van der Waals surface area contributed by atoms with Crippen LogP contribution in [0.25, 0.3) is 0 Å². The SMILES string of the molecule is Cc1ccc(S(=O)(=O)Nc2ccc(N=CNO)cc2)cc1. The van der Waals surface area contributed by atoms with E-state index in [1.807, 2.05) is 6.92 Å². The fourth-order valence-corrected chi connectivity index (χ4v) is 2.71. The van der Waals surface area contributed by atoms with E-state index in [9.17, 15) is 8.42 Å². The molecule has 0 bridgehead atoms. The number of anilines is 1. The van der Waals surface area contributed by atoms with Gasteiger partial charge in [-0.05, 0) is 43.3 Å². The molecular weight excluding hydrogens is 290 g/mol. The molecule has 0 radical (unpaired) electrons. The topological polar surface area (TPSA) is 90.8 Å². The first kappa shape index (κ1) is 15.0. The Morgan fingerprint density at radius 3 is 2.24 bits per heavy atom. The van der Waals surface area contributed by atoms with Crippen molar-refractivity contribution in [1.82, 2.24) is 5.48 Å². The summed E-state index contributed by atoms with van der Waals surface area (Å²) in [5.74, 6) is 0. The first-order valence-corrected chi connectivity index (χ1v) is 7.61. The maximum absolute atomic E-state index is 12.2. The van der Waals surface area contributed by atoms with E-state index in [0.717, 1.165) is 11.9 Å². The summed E-state index contributed by atoms with van der Waals surface area (Å²) < 4.78 is 26.9. The summed E-state index contributed by atoms with van der Waals surface area (Å²) in [6, 6.07) is 13.0. The van der Waals surface area contributed by atoms with Gasteiger partial charge in [0.25, 0.3) is 10.0 Å². The first-order chi connectivity index (χ1) is 10.0. The van der Waals surface area contributed by atoms with E-state index in [0.29, 0.717) is 11.4 Å². The average Bonchev–Trinajstić information content (AvgIpc) is 2.47. The van der Waals surface area contributed by atoms with Gasteiger partial charge in [-0.3, -0.25) is 15.4 Å². The molecule has 7 heteroatoms. The van der Waals surface area contributed by atoms with Crippen LogP contribution in [0.2, 0.25) is 0 Å². The number of sulfonamides is 1. The van der Waals surface area contributed by atoms with E-state index < -0.39 is 10.0 Å². The largest absolute Gasteiger partial charge is 0.290 e. The molecule has 0 saturated carbocycles. The zero-order valence-corrected chi connectivity index (χ0v) is 12.1. The molecule has 0 saturated heterocycles. The minimum absolute atomic E-state index is 0.208. The van der Waals surface area contributed by atoms with Gasteiger partial charge in [-0.25, -0.2) is 13.4 Å². The predicted octanol–water partition coefficient (Wildman–Crippen LogP) is 2.43. The lowest BCUT2D eigenvalue weighted by Gasteiger charge is -2.08. The van der Waals surface area contributed by atoms with Crippen LogP contribution in [0.5, 0.6) is 0 Å². The van der Waals surface area contributed by atoms with Crippen LogP contribution < -0.4 is 10.2 Å². The number of hydrogen-bond donors (Lipinski definition) is 3. The van der Waals surface area contributed by atoms with Gasteiger partial charge in [0, 0.05) is 5.69 Å². The smallest absolute Gasteiger partial charge is 0.261 e. The highest BCUT2D eigenvalue weighted by Crippen LogP contribution is 2.19. The van der Waals surface area contributed by atoms with Gasteiger partial charge in [-0.15, -0.1) is 0 Å². The maximum Gasteiger partial charge on any atom is 0.261 e. The third-order valence-corrected chi connectivity index (χ3v) is 4.12. The standard InChI is InChI=1S/C14H15N3O3S/c1-11-2-8-14(9-3-11)21(19,20)17-13-6-4-12(5-7-13)15-10-16-18/h2-10,17-18H,1H3,(H,15,16). The Balaban J connectivity index is 2.17. The lowest BCUT2D eigenvalue weighted by atomic mass is 10.2. The third kappa shape index (κ3) is 4.04. The van der Waals surface area contributed by atoms with Crippen molar-refractivity contribution in [3.05, 3.63) is 54.1 Å². The summed E-state index contributed by atoms with van der Waals surface area (Å²) in [6.45, 7) is 1.89. The van der Waals surface area contributed by atoms with Gasteiger partial charge in [0.05, 0.1) is 10.6 Å². The summed E-state index contributed by atoms with van der Waals surface area (Å²) in [5.41, 5.74) is 3.80. The highest BCUT2D eigenvalue weighted by atomic mass is 32.2. The van der Waals surface area contributed by atoms with Gasteiger partial charge in [-0.2, -0.15) is 0 Å². The summed E-state index contributed by atoms with van der Waals surface area (Å²) in [5, 5.41) is 8.39. The number of hydroxylamine groups is 1. The molecule has 0 unspecified atom stereocenters. The summed E-state index contributed by atoms with van der Waals surface area (Å²) in [6.07, 6.45) is 1.12. The van der Waals surface area contributed by atoms with Crippen molar-refractivity contribution in [2.24, 2.45) is 4.99 Å². The van der Waals surface area contributed by atoms with Crippen LogP contribution in [0.4, 0.5) is 11.4 Å². The normalized spacial score (nSPS) is 11.5. The molecule has 0 aliphatic rings. The summed E-state index contributed by atoms with van der Waals surface area (Å²) in [7, 11) is -3.60. The van der Waals surface area contributed by atoms with Gasteiger partial charge < -0.3 is 0 Å². The quantitative estimate of drug-likeness (QED) is 0.449.